The van der Waals surface area contributed by atoms with Crippen LogP contribution in [0.3, 0.4) is 0 Å². The summed E-state index contributed by atoms with van der Waals surface area (Å²) in [6, 6.07) is 17.8. The standard InChI is InChI=1S/C23H30N3O3P/c1-4-7-17-24-22-20-15-11-12-16-21(20)25-23(30(27,28-5-2)29-6-3)26(22)18-19-13-9-8-10-14-19/h8-16H,4-7,17-18H2,1-3H3. The van der Waals surface area contributed by atoms with Gasteiger partial charge in [0.1, 0.15) is 5.49 Å². The molecule has 0 aliphatic rings. The molecule has 2 aromatic carbocycles. The van der Waals surface area contributed by atoms with Crippen molar-refractivity contribution in [2.45, 2.75) is 40.2 Å². The van der Waals surface area contributed by atoms with Crippen molar-refractivity contribution in [3.63, 3.8) is 0 Å². The summed E-state index contributed by atoms with van der Waals surface area (Å²) < 4.78 is 27.0. The number of fused-ring (bicyclic) bond motifs is 1. The highest BCUT2D eigenvalue weighted by Crippen LogP contribution is 2.46. The van der Waals surface area contributed by atoms with Gasteiger partial charge in [0.05, 0.1) is 25.3 Å². The van der Waals surface area contributed by atoms with Crippen molar-refractivity contribution in [3.05, 3.63) is 65.6 Å². The molecule has 1 heterocycles. The van der Waals surface area contributed by atoms with Crippen LogP contribution < -0.4 is 11.1 Å². The van der Waals surface area contributed by atoms with Gasteiger partial charge in [-0.15, -0.1) is 0 Å². The predicted molar refractivity (Wildman–Crippen MR) is 121 cm³/mol. The second kappa shape index (κ2) is 10.7. The van der Waals surface area contributed by atoms with Crippen molar-refractivity contribution in [3.8, 4) is 0 Å². The molecule has 0 bridgehead atoms. The molecule has 7 heteroatoms. The fraction of sp³-hybridized carbons (Fsp3) is 0.391. The van der Waals surface area contributed by atoms with E-state index in [2.05, 4.69) is 6.92 Å². The molecule has 30 heavy (non-hydrogen) atoms. The van der Waals surface area contributed by atoms with E-state index < -0.39 is 7.60 Å². The first kappa shape index (κ1) is 22.4. The van der Waals surface area contributed by atoms with Gasteiger partial charge in [-0.3, -0.25) is 14.1 Å². The molecule has 0 aliphatic heterocycles. The van der Waals surface area contributed by atoms with Crippen LogP contribution in [0, 0.1) is 0 Å². The molecule has 0 saturated heterocycles. The number of hydrogen-bond donors (Lipinski definition) is 0. The summed E-state index contributed by atoms with van der Waals surface area (Å²) in [4.78, 5) is 9.66. The van der Waals surface area contributed by atoms with Crippen molar-refractivity contribution in [2.75, 3.05) is 19.8 Å². The molecule has 3 aromatic rings. The summed E-state index contributed by atoms with van der Waals surface area (Å²) in [5.41, 5.74) is 2.84. The summed E-state index contributed by atoms with van der Waals surface area (Å²) in [6.07, 6.45) is 2.03. The molecule has 3 rings (SSSR count). The highest BCUT2D eigenvalue weighted by Gasteiger charge is 2.33. The topological polar surface area (TPSA) is 65.7 Å². The minimum atomic E-state index is -3.62. The lowest BCUT2D eigenvalue weighted by Crippen LogP contribution is -2.37. The van der Waals surface area contributed by atoms with E-state index >= 15 is 0 Å². The van der Waals surface area contributed by atoms with Crippen molar-refractivity contribution in [2.24, 2.45) is 4.99 Å². The molecule has 0 atom stereocenters. The van der Waals surface area contributed by atoms with Gasteiger partial charge in [0.25, 0.3) is 0 Å². The van der Waals surface area contributed by atoms with Gasteiger partial charge in [0.2, 0.25) is 5.57 Å². The first-order valence-corrected chi connectivity index (χ1v) is 12.1. The van der Waals surface area contributed by atoms with E-state index in [9.17, 15) is 4.57 Å². The number of aromatic nitrogens is 2. The number of benzene rings is 2. The second-order valence-corrected chi connectivity index (χ2v) is 8.80. The lowest BCUT2D eigenvalue weighted by molar-refractivity contribution is 0.227. The Labute approximate surface area is 178 Å². The maximum Gasteiger partial charge on any atom is 0.396 e. The first-order chi connectivity index (χ1) is 14.6. The van der Waals surface area contributed by atoms with Crippen LogP contribution in [0.25, 0.3) is 10.9 Å². The summed E-state index contributed by atoms with van der Waals surface area (Å²) in [5, 5.41) is 0.924. The highest BCUT2D eigenvalue weighted by molar-refractivity contribution is 7.61. The molecule has 160 valence electrons. The molecular weight excluding hydrogens is 397 g/mol. The van der Waals surface area contributed by atoms with E-state index in [1.54, 1.807) is 13.8 Å². The normalized spacial score (nSPS) is 12.6. The van der Waals surface area contributed by atoms with E-state index in [0.717, 1.165) is 34.8 Å². The van der Waals surface area contributed by atoms with Crippen LogP contribution in [0.4, 0.5) is 0 Å². The van der Waals surface area contributed by atoms with Crippen LogP contribution in [0.15, 0.2) is 59.6 Å². The molecule has 0 spiro atoms. The lowest BCUT2D eigenvalue weighted by atomic mass is 10.2. The molecular formula is C23H30N3O3P. The summed E-state index contributed by atoms with van der Waals surface area (Å²) in [7, 11) is -3.62. The molecule has 0 amide bonds. The average Bonchev–Trinajstić information content (AvgIpc) is 2.76. The van der Waals surface area contributed by atoms with Crippen molar-refractivity contribution in [1.29, 1.82) is 0 Å². The molecule has 0 unspecified atom stereocenters. The summed E-state index contributed by atoms with van der Waals surface area (Å²) >= 11 is 0. The Kier molecular flexibility index (Phi) is 7.97. The quantitative estimate of drug-likeness (QED) is 0.348. The Bertz CT molecular complexity index is 1070. The molecule has 6 nitrogen and oxygen atoms in total. The summed E-state index contributed by atoms with van der Waals surface area (Å²) in [6.45, 7) is 7.44. The van der Waals surface area contributed by atoms with E-state index in [0.29, 0.717) is 18.7 Å². The highest BCUT2D eigenvalue weighted by atomic mass is 31.2. The zero-order valence-electron chi connectivity index (χ0n) is 18.0. The molecule has 1 aromatic heterocycles. The van der Waals surface area contributed by atoms with Gasteiger partial charge in [-0.2, -0.15) is 0 Å². The van der Waals surface area contributed by atoms with Crippen LogP contribution in [-0.4, -0.2) is 29.3 Å². The predicted octanol–water partition coefficient (Wildman–Crippen LogP) is 4.68. The smallest absolute Gasteiger partial charge is 0.303 e. The average molecular weight is 427 g/mol. The van der Waals surface area contributed by atoms with Gasteiger partial charge >= 0.3 is 7.60 Å². The van der Waals surface area contributed by atoms with Gasteiger partial charge in [0.15, 0.2) is 0 Å². The molecule has 0 fully saturated rings. The second-order valence-electron chi connectivity index (χ2n) is 6.89. The van der Waals surface area contributed by atoms with Crippen LogP contribution in [0.5, 0.6) is 0 Å². The monoisotopic (exact) mass is 427 g/mol. The van der Waals surface area contributed by atoms with Gasteiger partial charge in [0, 0.05) is 11.9 Å². The van der Waals surface area contributed by atoms with Gasteiger partial charge in [-0.25, -0.2) is 4.98 Å². The van der Waals surface area contributed by atoms with Crippen molar-refractivity contribution in [1.82, 2.24) is 9.55 Å². The van der Waals surface area contributed by atoms with E-state index in [4.69, 9.17) is 19.0 Å². The van der Waals surface area contributed by atoms with E-state index in [1.807, 2.05) is 59.2 Å². The third-order valence-corrected chi connectivity index (χ3v) is 6.69. The zero-order chi connectivity index (χ0) is 21.4. The molecule has 0 radical (unpaired) electrons. The van der Waals surface area contributed by atoms with E-state index in [1.165, 1.54) is 0 Å². The van der Waals surface area contributed by atoms with Crippen LogP contribution >= 0.6 is 7.60 Å². The SMILES string of the molecule is CCCCN=c1c2ccccc2nc(P(=O)(OCC)OCC)n1Cc1ccccc1. The maximum absolute atomic E-state index is 13.8. The fourth-order valence-corrected chi connectivity index (χ4v) is 4.97. The number of unbranched alkanes of at least 4 members (excludes halogenated alkanes) is 1. The zero-order valence-corrected chi connectivity index (χ0v) is 18.8. The molecule has 0 saturated carbocycles. The maximum atomic E-state index is 13.8. The first-order valence-electron chi connectivity index (χ1n) is 10.6. The van der Waals surface area contributed by atoms with E-state index in [-0.39, 0.29) is 13.2 Å². The van der Waals surface area contributed by atoms with Gasteiger partial charge < -0.3 is 9.05 Å². The minimum absolute atomic E-state index is 0.263. The Morgan fingerprint density at radius 1 is 0.967 bits per heavy atom. The third-order valence-electron chi connectivity index (χ3n) is 4.66. The number of nitrogens with zero attached hydrogens (tertiary/aromatic N) is 3. The third kappa shape index (κ3) is 5.07. The van der Waals surface area contributed by atoms with Crippen LogP contribution in [0.2, 0.25) is 0 Å². The molecule has 0 aliphatic carbocycles. The number of hydrogen-bond acceptors (Lipinski definition) is 5. The Morgan fingerprint density at radius 3 is 2.30 bits per heavy atom. The summed E-state index contributed by atoms with van der Waals surface area (Å²) in [5.74, 6) is 0. The van der Waals surface area contributed by atoms with Crippen LogP contribution in [-0.2, 0) is 20.2 Å². The Hall–Kier alpha value is -2.27. The van der Waals surface area contributed by atoms with Gasteiger partial charge in [-0.05, 0) is 38.0 Å². The van der Waals surface area contributed by atoms with Crippen molar-refractivity contribution < 1.29 is 13.6 Å². The Balaban J connectivity index is 2.33. The largest absolute Gasteiger partial charge is 0.396 e. The Morgan fingerprint density at radius 2 is 1.63 bits per heavy atom. The minimum Gasteiger partial charge on any atom is -0.303 e. The van der Waals surface area contributed by atoms with Crippen LogP contribution in [0.1, 0.15) is 39.2 Å². The van der Waals surface area contributed by atoms with Gasteiger partial charge in [-0.1, -0.05) is 55.8 Å². The lowest BCUT2D eigenvalue weighted by Gasteiger charge is -2.22. The van der Waals surface area contributed by atoms with Crippen molar-refractivity contribution >= 4 is 24.1 Å². The number of para-hydroxylation sites is 1. The number of rotatable bonds is 10. The fourth-order valence-electron chi connectivity index (χ4n) is 3.30. The molecule has 0 N–H and O–H groups in total.